The van der Waals surface area contributed by atoms with Crippen molar-refractivity contribution in [3.63, 3.8) is 0 Å². The predicted octanol–water partition coefficient (Wildman–Crippen LogP) is 3.76. The molecule has 4 rings (SSSR count). The molecule has 3 nitrogen and oxygen atoms in total. The largest absolute Gasteiger partial charge is 0.393 e. The highest BCUT2D eigenvalue weighted by Gasteiger charge is 2.48. The van der Waals surface area contributed by atoms with E-state index in [1.54, 1.807) is 0 Å². The van der Waals surface area contributed by atoms with Crippen LogP contribution in [0.1, 0.15) is 16.7 Å². The Morgan fingerprint density at radius 2 is 1.15 bits per heavy atom. The molecule has 0 unspecified atom stereocenters. The summed E-state index contributed by atoms with van der Waals surface area (Å²) in [5.74, 6) is 0. The van der Waals surface area contributed by atoms with Gasteiger partial charge in [-0.3, -0.25) is 0 Å². The van der Waals surface area contributed by atoms with E-state index in [0.29, 0.717) is 13.2 Å². The summed E-state index contributed by atoms with van der Waals surface area (Å²) in [7, 11) is 0. The third-order valence-corrected chi connectivity index (χ3v) is 4.93. The highest BCUT2D eigenvalue weighted by Crippen LogP contribution is 2.42. The molecule has 26 heavy (non-hydrogen) atoms. The Bertz CT molecular complexity index is 730. The molecule has 3 heteroatoms. The van der Waals surface area contributed by atoms with Crippen LogP contribution in [-0.2, 0) is 15.1 Å². The quantitative estimate of drug-likeness (QED) is 0.523. The van der Waals surface area contributed by atoms with Crippen LogP contribution in [0, 0.1) is 0 Å². The molecule has 0 bridgehead atoms. The Hall–Kier alpha value is -2.46. The molecule has 0 radical (unpaired) electrons. The predicted molar refractivity (Wildman–Crippen MR) is 101 cm³/mol. The van der Waals surface area contributed by atoms with Crippen molar-refractivity contribution in [2.24, 2.45) is 0 Å². The van der Waals surface area contributed by atoms with Crippen LogP contribution < -0.4 is 0 Å². The number of hydrogen-bond acceptors (Lipinski definition) is 3. The van der Waals surface area contributed by atoms with Gasteiger partial charge in [-0.05, 0) is 16.7 Å². The summed E-state index contributed by atoms with van der Waals surface area (Å²) in [5.41, 5.74) is 1.80. The molecule has 0 saturated carbocycles. The summed E-state index contributed by atoms with van der Waals surface area (Å²) >= 11 is 0. The molecule has 0 aliphatic carbocycles. The lowest BCUT2D eigenvalue weighted by Crippen LogP contribution is -2.37. The minimum absolute atomic E-state index is 0.0402. The maximum Gasteiger partial charge on any atom is 0.143 e. The van der Waals surface area contributed by atoms with Crippen LogP contribution >= 0.6 is 0 Å². The van der Waals surface area contributed by atoms with Gasteiger partial charge in [0.2, 0.25) is 0 Å². The maximum atomic E-state index is 9.66. The molecule has 1 aliphatic heterocycles. The van der Waals surface area contributed by atoms with E-state index in [4.69, 9.17) is 9.47 Å². The maximum absolute atomic E-state index is 9.66. The van der Waals surface area contributed by atoms with Crippen molar-refractivity contribution in [1.29, 1.82) is 0 Å². The van der Waals surface area contributed by atoms with Crippen LogP contribution in [0.25, 0.3) is 0 Å². The molecule has 1 N–H and O–H groups in total. The van der Waals surface area contributed by atoms with Gasteiger partial charge in [0.1, 0.15) is 11.2 Å². The first-order chi connectivity index (χ1) is 12.8. The zero-order chi connectivity index (χ0) is 17.9. The Morgan fingerprint density at radius 3 is 1.46 bits per heavy atom. The van der Waals surface area contributed by atoms with Gasteiger partial charge in [-0.1, -0.05) is 91.0 Å². The highest BCUT2D eigenvalue weighted by molar-refractivity contribution is 5.47. The first-order valence-corrected chi connectivity index (χ1v) is 8.84. The van der Waals surface area contributed by atoms with Gasteiger partial charge < -0.3 is 14.6 Å². The number of hydrogen-bond donors (Lipinski definition) is 1. The molecule has 0 aromatic heterocycles. The topological polar surface area (TPSA) is 42.0 Å². The van der Waals surface area contributed by atoms with Crippen molar-refractivity contribution in [3.8, 4) is 0 Å². The van der Waals surface area contributed by atoms with E-state index in [1.807, 2.05) is 54.6 Å². The van der Waals surface area contributed by atoms with Gasteiger partial charge in [0.15, 0.2) is 0 Å². The molecule has 0 amide bonds. The summed E-state index contributed by atoms with van der Waals surface area (Å²) < 4.78 is 12.1. The standard InChI is InChI=1S/C23H22O3/c24-16-22(17-25-22)18-26-23(19-10-4-1-5-11-19,20-12-6-2-7-13-20)21-14-8-3-9-15-21/h1-15,24H,16-18H2/t22-/m0/s1. The van der Waals surface area contributed by atoms with Crippen LogP contribution in [0.2, 0.25) is 0 Å². The van der Waals surface area contributed by atoms with E-state index in [1.165, 1.54) is 0 Å². The van der Waals surface area contributed by atoms with Gasteiger partial charge in [-0.15, -0.1) is 0 Å². The van der Waals surface area contributed by atoms with Crippen molar-refractivity contribution in [1.82, 2.24) is 0 Å². The first kappa shape index (κ1) is 17.0. The smallest absolute Gasteiger partial charge is 0.143 e. The van der Waals surface area contributed by atoms with E-state index in [0.717, 1.165) is 16.7 Å². The van der Waals surface area contributed by atoms with Crippen LogP contribution in [0.3, 0.4) is 0 Å². The van der Waals surface area contributed by atoms with E-state index in [-0.39, 0.29) is 6.61 Å². The fourth-order valence-electron chi connectivity index (χ4n) is 3.33. The van der Waals surface area contributed by atoms with E-state index >= 15 is 0 Å². The summed E-state index contributed by atoms with van der Waals surface area (Å²) in [5, 5.41) is 9.66. The fourth-order valence-corrected chi connectivity index (χ4v) is 3.33. The van der Waals surface area contributed by atoms with Crippen LogP contribution in [0.4, 0.5) is 0 Å². The lowest BCUT2D eigenvalue weighted by atomic mass is 9.80. The summed E-state index contributed by atoms with van der Waals surface area (Å²) in [6, 6.07) is 30.6. The third-order valence-electron chi connectivity index (χ3n) is 4.93. The second-order valence-corrected chi connectivity index (χ2v) is 6.70. The monoisotopic (exact) mass is 346 g/mol. The third kappa shape index (κ3) is 3.06. The molecule has 1 atom stereocenters. The molecule has 132 valence electrons. The minimum Gasteiger partial charge on any atom is -0.393 e. The van der Waals surface area contributed by atoms with Crippen LogP contribution in [0.15, 0.2) is 91.0 Å². The van der Waals surface area contributed by atoms with Gasteiger partial charge in [-0.2, -0.15) is 0 Å². The summed E-state index contributed by atoms with van der Waals surface area (Å²) in [6.45, 7) is 0.807. The first-order valence-electron chi connectivity index (χ1n) is 8.84. The molecule has 1 heterocycles. The number of rotatable bonds is 7. The molecule has 1 saturated heterocycles. The number of aliphatic hydroxyl groups is 1. The van der Waals surface area contributed by atoms with E-state index in [2.05, 4.69) is 36.4 Å². The number of benzene rings is 3. The Morgan fingerprint density at radius 1 is 0.769 bits per heavy atom. The van der Waals surface area contributed by atoms with Crippen molar-refractivity contribution in [3.05, 3.63) is 108 Å². The average Bonchev–Trinajstić information content (AvgIpc) is 3.51. The van der Waals surface area contributed by atoms with Gasteiger partial charge in [-0.25, -0.2) is 0 Å². The Labute approximate surface area is 153 Å². The Balaban J connectivity index is 1.88. The van der Waals surface area contributed by atoms with Crippen molar-refractivity contribution >= 4 is 0 Å². The molecular formula is C23H22O3. The zero-order valence-electron chi connectivity index (χ0n) is 14.5. The van der Waals surface area contributed by atoms with E-state index < -0.39 is 11.2 Å². The lowest BCUT2D eigenvalue weighted by Gasteiger charge is -2.36. The molecule has 1 aliphatic rings. The van der Waals surface area contributed by atoms with Gasteiger partial charge in [0.05, 0.1) is 19.8 Å². The number of aliphatic hydroxyl groups excluding tert-OH is 1. The normalized spacial score (nSPS) is 19.3. The van der Waals surface area contributed by atoms with Gasteiger partial charge in [0.25, 0.3) is 0 Å². The SMILES string of the molecule is OC[C@@]1(COC(c2ccccc2)(c2ccccc2)c2ccccc2)CO1. The lowest BCUT2D eigenvalue weighted by molar-refractivity contribution is -0.0290. The van der Waals surface area contributed by atoms with Gasteiger partial charge >= 0.3 is 0 Å². The molecule has 3 aromatic carbocycles. The van der Waals surface area contributed by atoms with Crippen molar-refractivity contribution in [2.75, 3.05) is 19.8 Å². The molecule has 0 spiro atoms. The second kappa shape index (κ2) is 7.04. The Kier molecular flexibility index (Phi) is 4.60. The number of epoxide rings is 1. The van der Waals surface area contributed by atoms with Crippen molar-refractivity contribution < 1.29 is 14.6 Å². The summed E-state index contributed by atoms with van der Waals surface area (Å²) in [4.78, 5) is 0. The van der Waals surface area contributed by atoms with E-state index in [9.17, 15) is 5.11 Å². The summed E-state index contributed by atoms with van der Waals surface area (Å²) in [6.07, 6.45) is 0. The van der Waals surface area contributed by atoms with Crippen molar-refractivity contribution in [2.45, 2.75) is 11.2 Å². The fraction of sp³-hybridized carbons (Fsp3) is 0.217. The minimum atomic E-state index is -0.766. The second-order valence-electron chi connectivity index (χ2n) is 6.70. The molecule has 1 fully saturated rings. The van der Waals surface area contributed by atoms with Gasteiger partial charge in [0, 0.05) is 0 Å². The average molecular weight is 346 g/mol. The van der Waals surface area contributed by atoms with Crippen LogP contribution in [0.5, 0.6) is 0 Å². The molecule has 3 aromatic rings. The number of ether oxygens (including phenoxy) is 2. The zero-order valence-corrected chi connectivity index (χ0v) is 14.5. The molecular weight excluding hydrogens is 324 g/mol. The van der Waals surface area contributed by atoms with Crippen LogP contribution in [-0.4, -0.2) is 30.5 Å². The highest BCUT2D eigenvalue weighted by atomic mass is 16.6.